The Morgan fingerprint density at radius 2 is 2.05 bits per heavy atom. The average molecular weight is 344 g/mol. The van der Waals surface area contributed by atoms with Gasteiger partial charge in [-0.3, -0.25) is 4.79 Å². The van der Waals surface area contributed by atoms with Gasteiger partial charge in [-0.1, -0.05) is 29.3 Å². The number of alkyl halides is 1. The van der Waals surface area contributed by atoms with E-state index < -0.39 is 0 Å². The number of ether oxygens (including phenoxy) is 2. The van der Waals surface area contributed by atoms with Gasteiger partial charge in [0.2, 0.25) is 0 Å². The van der Waals surface area contributed by atoms with Crippen LogP contribution in [0.2, 0.25) is 0 Å². The topological polar surface area (TPSA) is 47.6 Å². The Morgan fingerprint density at radius 3 is 2.60 bits per heavy atom. The molecule has 4 nitrogen and oxygen atoms in total. The normalized spacial score (nSPS) is 11.9. The molecule has 20 heavy (non-hydrogen) atoms. The number of hydrogen-bond acceptors (Lipinski definition) is 3. The summed E-state index contributed by atoms with van der Waals surface area (Å²) in [6.45, 7) is 3.31. The Labute approximate surface area is 129 Å². The number of carbonyl (C=O) groups excluding carboxylic acids is 1. The Balaban J connectivity index is 2.52. The quantitative estimate of drug-likeness (QED) is 0.553. The number of carbonyl (C=O) groups is 1. The second-order valence-electron chi connectivity index (χ2n) is 4.51. The summed E-state index contributed by atoms with van der Waals surface area (Å²) < 4.78 is 10.6. The molecule has 0 bridgehead atoms. The van der Waals surface area contributed by atoms with E-state index >= 15 is 0 Å². The standard InChI is InChI=1S/C15H22BrNO3/c1-3-4-9-20-14-7-5-12(6-8-14)15(18)17-13(10-16)11-19-2/h5-8,13H,3-4,9-11H2,1-2H3,(H,17,18). The molecule has 5 heteroatoms. The fourth-order valence-electron chi connectivity index (χ4n) is 1.63. The minimum Gasteiger partial charge on any atom is -0.494 e. The second-order valence-corrected chi connectivity index (χ2v) is 5.15. The van der Waals surface area contributed by atoms with Crippen LogP contribution in [0.3, 0.4) is 0 Å². The molecule has 1 aromatic carbocycles. The number of hydrogen-bond donors (Lipinski definition) is 1. The van der Waals surface area contributed by atoms with E-state index in [1.807, 2.05) is 12.1 Å². The molecule has 0 aliphatic carbocycles. The summed E-state index contributed by atoms with van der Waals surface area (Å²) in [4.78, 5) is 12.0. The minimum absolute atomic E-state index is 0.0343. The van der Waals surface area contributed by atoms with Crippen molar-refractivity contribution in [3.8, 4) is 5.75 Å². The SMILES string of the molecule is CCCCOc1ccc(C(=O)NC(CBr)COC)cc1. The van der Waals surface area contributed by atoms with E-state index in [-0.39, 0.29) is 11.9 Å². The molecule has 0 saturated heterocycles. The first-order chi connectivity index (χ1) is 9.71. The maximum Gasteiger partial charge on any atom is 0.251 e. The molecule has 1 rings (SSSR count). The molecule has 1 atom stereocenters. The summed E-state index contributed by atoms with van der Waals surface area (Å²) in [5.41, 5.74) is 0.620. The Hall–Kier alpha value is -1.07. The first-order valence-electron chi connectivity index (χ1n) is 6.79. The summed E-state index contributed by atoms with van der Waals surface area (Å²) in [6, 6.07) is 7.16. The van der Waals surface area contributed by atoms with Crippen LogP contribution in [0.25, 0.3) is 0 Å². The number of nitrogens with one attached hydrogen (secondary N) is 1. The molecule has 1 N–H and O–H groups in total. The van der Waals surface area contributed by atoms with Gasteiger partial charge in [0, 0.05) is 18.0 Å². The van der Waals surface area contributed by atoms with Gasteiger partial charge >= 0.3 is 0 Å². The van der Waals surface area contributed by atoms with E-state index in [0.717, 1.165) is 18.6 Å². The number of halogens is 1. The molecule has 0 heterocycles. The molecule has 1 amide bonds. The highest BCUT2D eigenvalue weighted by Crippen LogP contribution is 2.13. The number of unbranched alkanes of at least 4 members (excludes halogenated alkanes) is 1. The molecule has 0 aromatic heterocycles. The van der Waals surface area contributed by atoms with Crippen LogP contribution in [-0.4, -0.2) is 37.6 Å². The third-order valence-electron chi connectivity index (χ3n) is 2.77. The zero-order valence-corrected chi connectivity index (χ0v) is 13.6. The first kappa shape index (κ1) is 17.0. The van der Waals surface area contributed by atoms with Gasteiger partial charge in [-0.25, -0.2) is 0 Å². The van der Waals surface area contributed by atoms with Crippen molar-refractivity contribution in [2.75, 3.05) is 25.7 Å². The van der Waals surface area contributed by atoms with Gasteiger partial charge in [0.05, 0.1) is 19.3 Å². The van der Waals surface area contributed by atoms with Crippen LogP contribution in [0.4, 0.5) is 0 Å². The van der Waals surface area contributed by atoms with Crippen molar-refractivity contribution >= 4 is 21.8 Å². The zero-order valence-electron chi connectivity index (χ0n) is 12.0. The Morgan fingerprint density at radius 1 is 1.35 bits per heavy atom. The van der Waals surface area contributed by atoms with Crippen molar-refractivity contribution in [2.45, 2.75) is 25.8 Å². The van der Waals surface area contributed by atoms with E-state index in [2.05, 4.69) is 28.2 Å². The molecule has 0 spiro atoms. The molecule has 0 aliphatic rings. The molecule has 1 unspecified atom stereocenters. The predicted molar refractivity (Wildman–Crippen MR) is 83.8 cm³/mol. The molecule has 0 aliphatic heterocycles. The van der Waals surface area contributed by atoms with Crippen LogP contribution in [0, 0.1) is 0 Å². The van der Waals surface area contributed by atoms with E-state index in [0.29, 0.717) is 24.1 Å². The number of amides is 1. The molecule has 1 aromatic rings. The van der Waals surface area contributed by atoms with Crippen molar-refractivity contribution in [3.63, 3.8) is 0 Å². The van der Waals surface area contributed by atoms with Gasteiger partial charge < -0.3 is 14.8 Å². The van der Waals surface area contributed by atoms with E-state index in [1.165, 1.54) is 0 Å². The highest BCUT2D eigenvalue weighted by molar-refractivity contribution is 9.09. The summed E-state index contributed by atoms with van der Waals surface area (Å²) in [6.07, 6.45) is 2.14. The maximum atomic E-state index is 12.0. The van der Waals surface area contributed by atoms with Crippen LogP contribution in [0.5, 0.6) is 5.75 Å². The van der Waals surface area contributed by atoms with Crippen LogP contribution < -0.4 is 10.1 Å². The lowest BCUT2D eigenvalue weighted by atomic mass is 10.2. The number of benzene rings is 1. The molecular formula is C15H22BrNO3. The van der Waals surface area contributed by atoms with Crippen molar-refractivity contribution < 1.29 is 14.3 Å². The lowest BCUT2D eigenvalue weighted by Crippen LogP contribution is -2.39. The summed E-state index contributed by atoms with van der Waals surface area (Å²) in [7, 11) is 1.62. The minimum atomic E-state index is -0.105. The molecule has 0 radical (unpaired) electrons. The van der Waals surface area contributed by atoms with Crippen LogP contribution >= 0.6 is 15.9 Å². The lowest BCUT2D eigenvalue weighted by Gasteiger charge is -2.15. The van der Waals surface area contributed by atoms with Gasteiger partial charge in [-0.05, 0) is 30.7 Å². The fourth-order valence-corrected chi connectivity index (χ4v) is 1.98. The smallest absolute Gasteiger partial charge is 0.251 e. The molecule has 112 valence electrons. The Kier molecular flexibility index (Phi) is 8.30. The molecule has 0 fully saturated rings. The zero-order chi connectivity index (χ0) is 14.8. The van der Waals surface area contributed by atoms with Crippen molar-refractivity contribution in [1.82, 2.24) is 5.32 Å². The van der Waals surface area contributed by atoms with Gasteiger partial charge in [-0.15, -0.1) is 0 Å². The third kappa shape index (κ3) is 5.92. The number of methoxy groups -OCH3 is 1. The molecular weight excluding hydrogens is 322 g/mol. The predicted octanol–water partition coefficient (Wildman–Crippen LogP) is 3.01. The van der Waals surface area contributed by atoms with Crippen LogP contribution in [0.15, 0.2) is 24.3 Å². The van der Waals surface area contributed by atoms with Gasteiger partial charge in [0.15, 0.2) is 0 Å². The molecule has 0 saturated carbocycles. The van der Waals surface area contributed by atoms with Crippen molar-refractivity contribution in [1.29, 1.82) is 0 Å². The van der Waals surface area contributed by atoms with E-state index in [9.17, 15) is 4.79 Å². The largest absolute Gasteiger partial charge is 0.494 e. The summed E-state index contributed by atoms with van der Waals surface area (Å²) in [5.74, 6) is 0.690. The van der Waals surface area contributed by atoms with E-state index in [1.54, 1.807) is 19.2 Å². The summed E-state index contributed by atoms with van der Waals surface area (Å²) >= 11 is 3.35. The van der Waals surface area contributed by atoms with Gasteiger partial charge in [0.1, 0.15) is 5.75 Å². The van der Waals surface area contributed by atoms with Crippen molar-refractivity contribution in [2.24, 2.45) is 0 Å². The van der Waals surface area contributed by atoms with Crippen LogP contribution in [0.1, 0.15) is 30.1 Å². The van der Waals surface area contributed by atoms with E-state index in [4.69, 9.17) is 9.47 Å². The second kappa shape index (κ2) is 9.77. The summed E-state index contributed by atoms with van der Waals surface area (Å²) in [5, 5.41) is 3.56. The fraction of sp³-hybridized carbons (Fsp3) is 0.533. The van der Waals surface area contributed by atoms with Gasteiger partial charge in [-0.2, -0.15) is 0 Å². The van der Waals surface area contributed by atoms with Gasteiger partial charge in [0.25, 0.3) is 5.91 Å². The van der Waals surface area contributed by atoms with Crippen molar-refractivity contribution in [3.05, 3.63) is 29.8 Å². The Bertz CT molecular complexity index is 395. The first-order valence-corrected chi connectivity index (χ1v) is 7.92. The highest BCUT2D eigenvalue weighted by atomic mass is 79.9. The third-order valence-corrected chi connectivity index (χ3v) is 3.55. The average Bonchev–Trinajstić information content (AvgIpc) is 2.47. The number of rotatable bonds is 9. The highest BCUT2D eigenvalue weighted by Gasteiger charge is 2.12. The maximum absolute atomic E-state index is 12.0. The monoisotopic (exact) mass is 343 g/mol. The van der Waals surface area contributed by atoms with Crippen LogP contribution in [-0.2, 0) is 4.74 Å². The lowest BCUT2D eigenvalue weighted by molar-refractivity contribution is 0.0908.